The number of rotatable bonds is 3. The minimum absolute atomic E-state index is 0.252. The standard InChI is InChI=1S/C10H9N3O5/c11-7(9(15)16)8(14)12-4-1-2-5-6(3-4)18-10(17)13-5/h1-3,7H,11H2,(H,12,14)(H,13,17)(H,15,16). The molecule has 94 valence electrons. The first kappa shape index (κ1) is 11.9. The van der Waals surface area contributed by atoms with Crippen molar-refractivity contribution in [1.29, 1.82) is 0 Å². The summed E-state index contributed by atoms with van der Waals surface area (Å²) >= 11 is 0. The minimum Gasteiger partial charge on any atom is -0.480 e. The van der Waals surface area contributed by atoms with Crippen molar-refractivity contribution in [2.45, 2.75) is 6.04 Å². The van der Waals surface area contributed by atoms with Crippen molar-refractivity contribution in [1.82, 2.24) is 4.98 Å². The molecule has 0 saturated heterocycles. The summed E-state index contributed by atoms with van der Waals surface area (Å²) in [4.78, 5) is 35.2. The number of nitrogens with two attached hydrogens (primary N) is 1. The summed E-state index contributed by atoms with van der Waals surface area (Å²) in [6.07, 6.45) is 0. The third kappa shape index (κ3) is 2.23. The largest absolute Gasteiger partial charge is 0.480 e. The van der Waals surface area contributed by atoms with Crippen LogP contribution < -0.4 is 16.8 Å². The summed E-state index contributed by atoms with van der Waals surface area (Å²) in [5, 5.41) is 10.9. The van der Waals surface area contributed by atoms with E-state index in [2.05, 4.69) is 10.3 Å². The number of fused-ring (bicyclic) bond motifs is 1. The van der Waals surface area contributed by atoms with Gasteiger partial charge in [-0.2, -0.15) is 0 Å². The lowest BCUT2D eigenvalue weighted by Gasteiger charge is -2.07. The molecule has 0 spiro atoms. The number of carboxylic acids is 1. The molecule has 0 aliphatic rings. The van der Waals surface area contributed by atoms with Gasteiger partial charge >= 0.3 is 11.7 Å². The highest BCUT2D eigenvalue weighted by Gasteiger charge is 2.21. The van der Waals surface area contributed by atoms with Gasteiger partial charge in [0.15, 0.2) is 11.6 Å². The molecule has 0 aliphatic heterocycles. The molecule has 0 saturated carbocycles. The average Bonchev–Trinajstić information content (AvgIpc) is 2.67. The Balaban J connectivity index is 2.24. The Bertz CT molecular complexity index is 671. The Morgan fingerprint density at radius 1 is 1.44 bits per heavy atom. The van der Waals surface area contributed by atoms with Crippen LogP contribution in [-0.2, 0) is 9.59 Å². The molecular formula is C10H9N3O5. The first-order valence-corrected chi connectivity index (χ1v) is 4.89. The minimum atomic E-state index is -1.65. The lowest BCUT2D eigenvalue weighted by molar-refractivity contribution is -0.141. The molecule has 1 aromatic heterocycles. The van der Waals surface area contributed by atoms with E-state index in [1.807, 2.05) is 0 Å². The molecule has 18 heavy (non-hydrogen) atoms. The van der Waals surface area contributed by atoms with Crippen molar-refractivity contribution >= 4 is 28.7 Å². The van der Waals surface area contributed by atoms with Gasteiger partial charge in [0.05, 0.1) is 5.52 Å². The summed E-state index contributed by atoms with van der Waals surface area (Å²) in [5.41, 5.74) is 6.14. The second-order valence-corrected chi connectivity index (χ2v) is 3.53. The van der Waals surface area contributed by atoms with Crippen LogP contribution in [0.15, 0.2) is 27.4 Å². The van der Waals surface area contributed by atoms with Gasteiger partial charge in [0.25, 0.3) is 5.91 Å². The molecule has 1 unspecified atom stereocenters. The van der Waals surface area contributed by atoms with Crippen molar-refractivity contribution in [3.05, 3.63) is 28.7 Å². The first-order chi connectivity index (χ1) is 8.47. The van der Waals surface area contributed by atoms with Crippen LogP contribution in [-0.4, -0.2) is 28.0 Å². The van der Waals surface area contributed by atoms with Crippen molar-refractivity contribution in [3.8, 4) is 0 Å². The number of hydrogen-bond donors (Lipinski definition) is 4. The zero-order valence-electron chi connectivity index (χ0n) is 8.97. The van der Waals surface area contributed by atoms with E-state index in [9.17, 15) is 14.4 Å². The molecule has 2 aromatic rings. The van der Waals surface area contributed by atoms with E-state index in [1.54, 1.807) is 0 Å². The second-order valence-electron chi connectivity index (χ2n) is 3.53. The highest BCUT2D eigenvalue weighted by Crippen LogP contribution is 2.16. The van der Waals surface area contributed by atoms with E-state index < -0.39 is 23.7 Å². The van der Waals surface area contributed by atoms with Crippen molar-refractivity contribution in [2.75, 3.05) is 5.32 Å². The third-order valence-electron chi connectivity index (χ3n) is 2.24. The number of aromatic nitrogens is 1. The van der Waals surface area contributed by atoms with Gasteiger partial charge in [-0.15, -0.1) is 0 Å². The number of carbonyl (C=O) groups excluding carboxylic acids is 1. The van der Waals surface area contributed by atoms with Crippen LogP contribution in [0.25, 0.3) is 11.1 Å². The first-order valence-electron chi connectivity index (χ1n) is 4.89. The lowest BCUT2D eigenvalue weighted by Crippen LogP contribution is -2.42. The predicted molar refractivity (Wildman–Crippen MR) is 61.1 cm³/mol. The Kier molecular flexibility index (Phi) is 2.86. The van der Waals surface area contributed by atoms with Gasteiger partial charge in [-0.25, -0.2) is 9.59 Å². The van der Waals surface area contributed by atoms with Crippen LogP contribution in [0.4, 0.5) is 5.69 Å². The fourth-order valence-corrected chi connectivity index (χ4v) is 1.36. The molecule has 5 N–H and O–H groups in total. The topological polar surface area (TPSA) is 138 Å². The average molecular weight is 251 g/mol. The number of benzene rings is 1. The molecule has 1 amide bonds. The Morgan fingerprint density at radius 2 is 2.17 bits per heavy atom. The number of carbonyl (C=O) groups is 2. The maximum Gasteiger partial charge on any atom is 0.417 e. The van der Waals surface area contributed by atoms with E-state index in [0.29, 0.717) is 5.52 Å². The van der Waals surface area contributed by atoms with Crippen LogP contribution in [0, 0.1) is 0 Å². The fourth-order valence-electron chi connectivity index (χ4n) is 1.36. The van der Waals surface area contributed by atoms with Crippen molar-refractivity contribution in [3.63, 3.8) is 0 Å². The number of carboxylic acid groups (broad SMARTS) is 1. The monoisotopic (exact) mass is 251 g/mol. The van der Waals surface area contributed by atoms with E-state index in [1.165, 1.54) is 18.2 Å². The predicted octanol–water partition coefficient (Wildman–Crippen LogP) is -0.528. The van der Waals surface area contributed by atoms with Crippen molar-refractivity contribution in [2.24, 2.45) is 5.73 Å². The molecule has 8 nitrogen and oxygen atoms in total. The van der Waals surface area contributed by atoms with Crippen LogP contribution in [0.5, 0.6) is 0 Å². The third-order valence-corrected chi connectivity index (χ3v) is 2.24. The molecule has 1 heterocycles. The summed E-state index contributed by atoms with van der Waals surface area (Å²) in [7, 11) is 0. The van der Waals surface area contributed by atoms with E-state index in [0.717, 1.165) is 0 Å². The van der Waals surface area contributed by atoms with Gasteiger partial charge in [-0.1, -0.05) is 0 Å². The molecule has 2 rings (SSSR count). The number of nitrogens with one attached hydrogen (secondary N) is 2. The number of H-pyrrole nitrogens is 1. The smallest absolute Gasteiger partial charge is 0.417 e. The quantitative estimate of drug-likeness (QED) is 0.541. The molecule has 8 heteroatoms. The maximum absolute atomic E-state index is 11.4. The summed E-state index contributed by atoms with van der Waals surface area (Å²) in [5.74, 6) is -2.91. The van der Waals surface area contributed by atoms with Crippen LogP contribution in [0.3, 0.4) is 0 Å². The second kappa shape index (κ2) is 4.34. The Hall–Kier alpha value is -2.61. The highest BCUT2D eigenvalue weighted by molar-refractivity contribution is 6.07. The van der Waals surface area contributed by atoms with E-state index in [-0.39, 0.29) is 11.3 Å². The lowest BCUT2D eigenvalue weighted by atomic mass is 10.2. The van der Waals surface area contributed by atoms with E-state index in [4.69, 9.17) is 15.3 Å². The fraction of sp³-hybridized carbons (Fsp3) is 0.100. The van der Waals surface area contributed by atoms with Gasteiger partial charge in [-0.3, -0.25) is 9.78 Å². The van der Waals surface area contributed by atoms with Crippen LogP contribution in [0.1, 0.15) is 0 Å². The summed E-state index contributed by atoms with van der Waals surface area (Å²) < 4.78 is 4.79. The zero-order valence-corrected chi connectivity index (χ0v) is 8.97. The Morgan fingerprint density at radius 3 is 2.83 bits per heavy atom. The number of hydrogen-bond acceptors (Lipinski definition) is 5. The number of aromatic amines is 1. The summed E-state index contributed by atoms with van der Waals surface area (Å²) in [6, 6.07) is 2.74. The van der Waals surface area contributed by atoms with Gasteiger partial charge in [0, 0.05) is 11.8 Å². The number of anilines is 1. The summed E-state index contributed by atoms with van der Waals surface area (Å²) in [6.45, 7) is 0. The van der Waals surface area contributed by atoms with Gasteiger partial charge < -0.3 is 20.6 Å². The van der Waals surface area contributed by atoms with Crippen molar-refractivity contribution < 1.29 is 19.1 Å². The Labute approximate surface area is 99.4 Å². The molecule has 0 bridgehead atoms. The van der Waals surface area contributed by atoms with Crippen LogP contribution in [0.2, 0.25) is 0 Å². The van der Waals surface area contributed by atoms with E-state index >= 15 is 0 Å². The molecule has 0 aliphatic carbocycles. The maximum atomic E-state index is 11.4. The SMILES string of the molecule is NC(C(=O)O)C(=O)Nc1ccc2[nH]c(=O)oc2c1. The number of aliphatic carboxylic acids is 1. The molecule has 0 fully saturated rings. The molecule has 1 atom stereocenters. The number of oxazole rings is 1. The molecular weight excluding hydrogens is 242 g/mol. The van der Waals surface area contributed by atoms with Gasteiger partial charge in [0.1, 0.15) is 0 Å². The van der Waals surface area contributed by atoms with Gasteiger partial charge in [0.2, 0.25) is 0 Å². The normalized spacial score (nSPS) is 12.3. The molecule has 1 aromatic carbocycles. The van der Waals surface area contributed by atoms with Gasteiger partial charge in [-0.05, 0) is 12.1 Å². The highest BCUT2D eigenvalue weighted by atomic mass is 16.4. The molecule has 0 radical (unpaired) electrons. The zero-order chi connectivity index (χ0) is 13.3. The number of amides is 1. The van der Waals surface area contributed by atoms with Crippen LogP contribution >= 0.6 is 0 Å².